The first-order valence-electron chi connectivity index (χ1n) is 8.48. The third-order valence-electron chi connectivity index (χ3n) is 4.61. The summed E-state index contributed by atoms with van der Waals surface area (Å²) >= 11 is 7.48. The van der Waals surface area contributed by atoms with Gasteiger partial charge in [0.15, 0.2) is 0 Å². The lowest BCUT2D eigenvalue weighted by atomic mass is 10.1. The fourth-order valence-electron chi connectivity index (χ4n) is 3.24. The average Bonchev–Trinajstić information content (AvgIpc) is 3.31. The van der Waals surface area contributed by atoms with Gasteiger partial charge in [0, 0.05) is 49.0 Å². The monoisotopic (exact) mass is 422 g/mol. The first-order chi connectivity index (χ1) is 12.6. The molecule has 1 aromatic carbocycles. The number of rotatable bonds is 3. The average molecular weight is 423 g/mol. The highest BCUT2D eigenvalue weighted by atomic mass is 35.5. The zero-order valence-corrected chi connectivity index (χ0v) is 17.2. The van der Waals surface area contributed by atoms with E-state index >= 15 is 0 Å². The molecule has 1 aliphatic rings. The highest BCUT2D eigenvalue weighted by Gasteiger charge is 2.31. The Morgan fingerprint density at radius 1 is 1.26 bits per heavy atom. The van der Waals surface area contributed by atoms with Crippen molar-refractivity contribution >= 4 is 41.3 Å². The molecule has 5 nitrogen and oxygen atoms in total. The molecular formula is C19H20Cl2N4OS. The molecule has 1 saturated heterocycles. The summed E-state index contributed by atoms with van der Waals surface area (Å²) in [5.74, 6) is 0.963. The van der Waals surface area contributed by atoms with Crippen molar-refractivity contribution in [1.29, 1.82) is 0 Å². The van der Waals surface area contributed by atoms with E-state index in [1.807, 2.05) is 59.1 Å². The number of aromatic nitrogens is 2. The molecule has 0 spiro atoms. The Kier molecular flexibility index (Phi) is 6.22. The van der Waals surface area contributed by atoms with Crippen LogP contribution >= 0.6 is 35.3 Å². The van der Waals surface area contributed by atoms with Crippen LogP contribution in [0.25, 0.3) is 10.4 Å². The summed E-state index contributed by atoms with van der Waals surface area (Å²) in [6.07, 6.45) is 3.69. The topological polar surface area (TPSA) is 50.2 Å². The van der Waals surface area contributed by atoms with E-state index in [1.54, 1.807) is 6.20 Å². The quantitative estimate of drug-likeness (QED) is 0.693. The first kappa shape index (κ1) is 19.9. The van der Waals surface area contributed by atoms with Crippen molar-refractivity contribution < 1.29 is 4.79 Å². The summed E-state index contributed by atoms with van der Waals surface area (Å²) in [5, 5.41) is 4.08. The second-order valence-electron chi connectivity index (χ2n) is 6.29. The van der Waals surface area contributed by atoms with Gasteiger partial charge in [-0.2, -0.15) is 0 Å². The smallest absolute Gasteiger partial charge is 0.264 e. The summed E-state index contributed by atoms with van der Waals surface area (Å²) in [4.78, 5) is 21.3. The Hall–Kier alpha value is -1.86. The number of hydrogen-bond acceptors (Lipinski definition) is 4. The fourth-order valence-corrected chi connectivity index (χ4v) is 4.33. The lowest BCUT2D eigenvalue weighted by Crippen LogP contribution is -2.49. The standard InChI is InChI=1S/C19H19ClN4OS.ClH/c1-23-10-9-22-18(23)15-12-21-8-11-24(15)19(25)17-7-6-16(26-17)13-2-4-14(20)5-3-13;/h2-7,9-10,15,21H,8,11-12H2,1H3;1H. The number of carbonyl (C=O) groups is 1. The molecule has 1 atom stereocenters. The van der Waals surface area contributed by atoms with Crippen LogP contribution < -0.4 is 5.32 Å². The summed E-state index contributed by atoms with van der Waals surface area (Å²) in [7, 11) is 1.96. The van der Waals surface area contributed by atoms with Crippen LogP contribution in [0.5, 0.6) is 0 Å². The van der Waals surface area contributed by atoms with Crippen molar-refractivity contribution in [2.45, 2.75) is 6.04 Å². The van der Waals surface area contributed by atoms with Crippen LogP contribution in [0.1, 0.15) is 21.5 Å². The molecule has 0 bridgehead atoms. The minimum Gasteiger partial charge on any atom is -0.336 e. The summed E-state index contributed by atoms with van der Waals surface area (Å²) in [6, 6.07) is 11.5. The lowest BCUT2D eigenvalue weighted by molar-refractivity contribution is 0.0626. The molecule has 4 rings (SSSR count). The SMILES string of the molecule is Cl.Cn1ccnc1C1CNCCN1C(=O)c1ccc(-c2ccc(Cl)cc2)s1. The van der Waals surface area contributed by atoms with Crippen molar-refractivity contribution in [3.63, 3.8) is 0 Å². The molecule has 8 heteroatoms. The zero-order valence-electron chi connectivity index (χ0n) is 14.8. The normalized spacial score (nSPS) is 16.8. The minimum absolute atomic E-state index is 0. The van der Waals surface area contributed by atoms with Gasteiger partial charge in [0.25, 0.3) is 5.91 Å². The maximum Gasteiger partial charge on any atom is 0.264 e. The maximum atomic E-state index is 13.2. The molecule has 2 aromatic heterocycles. The van der Waals surface area contributed by atoms with E-state index < -0.39 is 0 Å². The van der Waals surface area contributed by atoms with Crippen LogP contribution in [0.2, 0.25) is 5.02 Å². The van der Waals surface area contributed by atoms with Crippen molar-refractivity contribution in [2.24, 2.45) is 7.05 Å². The Bertz CT molecular complexity index is 922. The predicted molar refractivity (Wildman–Crippen MR) is 112 cm³/mol. The highest BCUT2D eigenvalue weighted by molar-refractivity contribution is 7.17. The molecule has 27 heavy (non-hydrogen) atoms. The first-order valence-corrected chi connectivity index (χ1v) is 9.67. The Balaban J connectivity index is 0.00000210. The third-order valence-corrected chi connectivity index (χ3v) is 5.98. The Morgan fingerprint density at radius 3 is 2.74 bits per heavy atom. The van der Waals surface area contributed by atoms with Gasteiger partial charge < -0.3 is 14.8 Å². The lowest BCUT2D eigenvalue weighted by Gasteiger charge is -2.35. The van der Waals surface area contributed by atoms with E-state index in [1.165, 1.54) is 11.3 Å². The van der Waals surface area contributed by atoms with Gasteiger partial charge in [0.1, 0.15) is 11.9 Å². The van der Waals surface area contributed by atoms with Gasteiger partial charge in [0.2, 0.25) is 0 Å². The van der Waals surface area contributed by atoms with E-state index in [0.29, 0.717) is 18.1 Å². The number of imidazole rings is 1. The molecule has 142 valence electrons. The predicted octanol–water partition coefficient (Wildman–Crippen LogP) is 4.01. The molecule has 1 N–H and O–H groups in total. The second kappa shape index (κ2) is 8.44. The van der Waals surface area contributed by atoms with E-state index in [-0.39, 0.29) is 24.4 Å². The van der Waals surface area contributed by atoms with Crippen molar-refractivity contribution in [3.8, 4) is 10.4 Å². The highest BCUT2D eigenvalue weighted by Crippen LogP contribution is 2.31. The fraction of sp³-hybridized carbons (Fsp3) is 0.263. The van der Waals surface area contributed by atoms with Gasteiger partial charge in [0.05, 0.1) is 4.88 Å². The van der Waals surface area contributed by atoms with Gasteiger partial charge in [-0.15, -0.1) is 23.7 Å². The number of halogens is 2. The van der Waals surface area contributed by atoms with Crippen molar-refractivity contribution in [1.82, 2.24) is 19.8 Å². The number of nitrogens with zero attached hydrogens (tertiary/aromatic N) is 3. The maximum absolute atomic E-state index is 13.2. The van der Waals surface area contributed by atoms with Crippen LogP contribution in [0.4, 0.5) is 0 Å². The molecule has 0 saturated carbocycles. The van der Waals surface area contributed by atoms with Crippen molar-refractivity contribution in [2.75, 3.05) is 19.6 Å². The number of nitrogens with one attached hydrogen (secondary N) is 1. The van der Waals surface area contributed by atoms with E-state index in [2.05, 4.69) is 10.3 Å². The Morgan fingerprint density at radius 2 is 2.04 bits per heavy atom. The van der Waals surface area contributed by atoms with Crippen LogP contribution in [0.15, 0.2) is 48.8 Å². The van der Waals surface area contributed by atoms with E-state index in [9.17, 15) is 4.79 Å². The summed E-state index contributed by atoms with van der Waals surface area (Å²) in [5.41, 5.74) is 1.07. The molecule has 1 fully saturated rings. The summed E-state index contributed by atoms with van der Waals surface area (Å²) in [6.45, 7) is 2.18. The van der Waals surface area contributed by atoms with Crippen LogP contribution in [-0.4, -0.2) is 40.0 Å². The van der Waals surface area contributed by atoms with Gasteiger partial charge >= 0.3 is 0 Å². The molecule has 3 heterocycles. The number of hydrogen-bond donors (Lipinski definition) is 1. The van der Waals surface area contributed by atoms with Crippen LogP contribution in [0, 0.1) is 0 Å². The molecule has 3 aromatic rings. The van der Waals surface area contributed by atoms with Gasteiger partial charge in [-0.05, 0) is 29.8 Å². The number of thiophene rings is 1. The van der Waals surface area contributed by atoms with E-state index in [4.69, 9.17) is 11.6 Å². The minimum atomic E-state index is -0.0580. The second-order valence-corrected chi connectivity index (χ2v) is 7.81. The number of benzene rings is 1. The molecule has 1 unspecified atom stereocenters. The van der Waals surface area contributed by atoms with Crippen LogP contribution in [-0.2, 0) is 7.05 Å². The largest absolute Gasteiger partial charge is 0.336 e. The van der Waals surface area contributed by atoms with E-state index in [0.717, 1.165) is 27.7 Å². The number of piperazine rings is 1. The zero-order chi connectivity index (χ0) is 18.1. The van der Waals surface area contributed by atoms with Gasteiger partial charge in [-0.1, -0.05) is 23.7 Å². The molecule has 0 radical (unpaired) electrons. The number of aryl methyl sites for hydroxylation is 1. The molecular weight excluding hydrogens is 403 g/mol. The molecule has 0 aliphatic carbocycles. The number of carbonyl (C=O) groups excluding carboxylic acids is 1. The summed E-state index contributed by atoms with van der Waals surface area (Å²) < 4.78 is 1.98. The third kappa shape index (κ3) is 4.04. The van der Waals surface area contributed by atoms with Gasteiger partial charge in [-0.3, -0.25) is 4.79 Å². The van der Waals surface area contributed by atoms with Crippen molar-refractivity contribution in [3.05, 3.63) is 64.5 Å². The van der Waals surface area contributed by atoms with Gasteiger partial charge in [-0.25, -0.2) is 4.98 Å². The Labute approximate surface area is 173 Å². The molecule has 1 amide bonds. The molecule has 1 aliphatic heterocycles. The van der Waals surface area contributed by atoms with Crippen LogP contribution in [0.3, 0.4) is 0 Å². The number of amides is 1.